The van der Waals surface area contributed by atoms with Gasteiger partial charge < -0.3 is 44.4 Å². The van der Waals surface area contributed by atoms with Crippen molar-refractivity contribution in [2.24, 2.45) is 28.7 Å². The summed E-state index contributed by atoms with van der Waals surface area (Å²) in [5, 5.41) is 43.8. The second-order valence-electron chi connectivity index (χ2n) is 22.2. The fourth-order valence-electron chi connectivity index (χ4n) is 12.7. The number of cyclic esters (lactones) is 1. The summed E-state index contributed by atoms with van der Waals surface area (Å²) in [6.07, 6.45) is 5.57. The lowest BCUT2D eigenvalue weighted by atomic mass is 9.49. The van der Waals surface area contributed by atoms with E-state index in [-0.39, 0.29) is 61.7 Å². The zero-order valence-electron chi connectivity index (χ0n) is 45.8. The topological polar surface area (TPSA) is 227 Å². The lowest BCUT2D eigenvalue weighted by Gasteiger charge is -2.56. The van der Waals surface area contributed by atoms with Crippen molar-refractivity contribution in [3.63, 3.8) is 0 Å². The highest BCUT2D eigenvalue weighted by Gasteiger charge is 2.65. The number of benzene rings is 2. The van der Waals surface area contributed by atoms with E-state index in [2.05, 4.69) is 44.0 Å². The molecule has 21 heteroatoms. The van der Waals surface area contributed by atoms with E-state index in [0.717, 1.165) is 84.8 Å². The van der Waals surface area contributed by atoms with Gasteiger partial charge in [-0.3, -0.25) is 34.0 Å². The molecule has 1 amide bonds. The van der Waals surface area contributed by atoms with Gasteiger partial charge in [0.2, 0.25) is 11.8 Å². The summed E-state index contributed by atoms with van der Waals surface area (Å²) < 4.78 is 20.0. The van der Waals surface area contributed by atoms with Gasteiger partial charge in [-0.1, -0.05) is 19.9 Å². The summed E-state index contributed by atoms with van der Waals surface area (Å²) in [4.78, 5) is 68.7. The number of carboxylic acid groups (broad SMARTS) is 2. The Morgan fingerprint density at radius 3 is 1.87 bits per heavy atom. The first-order valence-corrected chi connectivity index (χ1v) is 28.5. The van der Waals surface area contributed by atoms with E-state index in [4.69, 9.17) is 24.3 Å². The summed E-state index contributed by atoms with van der Waals surface area (Å²) in [6, 6.07) is 14.2. The van der Waals surface area contributed by atoms with E-state index in [1.165, 1.54) is 6.42 Å². The Bertz CT molecular complexity index is 2520. The van der Waals surface area contributed by atoms with Crippen molar-refractivity contribution in [1.29, 1.82) is 0 Å². The van der Waals surface area contributed by atoms with Gasteiger partial charge in [0.1, 0.15) is 17.2 Å². The monoisotopic (exact) mass is 1090 g/mol. The number of aliphatic hydroxyl groups excluding tert-OH is 1. The summed E-state index contributed by atoms with van der Waals surface area (Å²) in [5.74, 6) is 2.10. The number of carboxylic acids is 2. The molecular weight excluding hydrogens is 1010 g/mol. The number of likely N-dealkylation sites (N-methyl/N-ethyl adjacent to an activating group) is 1. The van der Waals surface area contributed by atoms with Crippen LogP contribution < -0.4 is 9.47 Å². The minimum Gasteiger partial charge on any atom is -0.496 e. The first kappa shape index (κ1) is 58.0. The number of nitrogens with zero attached hydrogens (tertiary/aromatic N) is 9. The molecule has 9 rings (SSSR count). The van der Waals surface area contributed by atoms with Crippen molar-refractivity contribution in [2.75, 3.05) is 132 Å². The lowest BCUT2D eigenvalue weighted by Crippen LogP contribution is -2.59. The third-order valence-corrected chi connectivity index (χ3v) is 17.6. The number of carbonyl (C=O) groups excluding carboxylic acids is 2. The average Bonchev–Trinajstić information content (AvgIpc) is 3.99. The number of carbonyl (C=O) groups is 4. The number of hydrogen-bond acceptors (Lipinski definition) is 17. The highest BCUT2D eigenvalue weighted by atomic mass is 32.2. The van der Waals surface area contributed by atoms with Crippen LogP contribution in [0.25, 0.3) is 16.9 Å². The second kappa shape index (κ2) is 26.2. The van der Waals surface area contributed by atoms with Crippen LogP contribution >= 0.6 is 11.8 Å². The van der Waals surface area contributed by atoms with Gasteiger partial charge in [-0.25, -0.2) is 14.5 Å². The first-order valence-electron chi connectivity index (χ1n) is 27.5. The number of aliphatic hydroxyl groups is 2. The average molecular weight is 1090 g/mol. The maximum Gasteiger partial charge on any atom is 0.341 e. The number of thioether (sulfide) groups is 1. The van der Waals surface area contributed by atoms with Crippen molar-refractivity contribution < 1.29 is 53.8 Å². The van der Waals surface area contributed by atoms with Gasteiger partial charge in [0.15, 0.2) is 11.8 Å². The van der Waals surface area contributed by atoms with E-state index in [1.807, 2.05) is 50.5 Å². The SMILES string of the molecule is COc1cccc(OC)c1-c1cc(C2=NC3(C(=O)O2)C2CC4CC(C2)CC3C4)nn1-c1ccc(SCCCN(C)CCCN(C)C(=O)CN2CCN(CC(=O)O)CCN(CC(=O)O)CCN(CC(O)O)CC2)cc1C(C)C. The molecule has 0 unspecified atom stereocenters. The molecule has 3 aromatic rings. The number of esters is 1. The summed E-state index contributed by atoms with van der Waals surface area (Å²) in [7, 11) is 7.18. The number of amides is 1. The molecule has 5 fully saturated rings. The third kappa shape index (κ3) is 14.2. The van der Waals surface area contributed by atoms with Crippen molar-refractivity contribution in [3.05, 3.63) is 53.7 Å². The minimum atomic E-state index is -1.57. The molecule has 4 bridgehead atoms. The van der Waals surface area contributed by atoms with Crippen molar-refractivity contribution >= 4 is 41.5 Å². The molecule has 4 N–H and O–H groups in total. The molecule has 20 nitrogen and oxygen atoms in total. The van der Waals surface area contributed by atoms with Crippen molar-refractivity contribution in [1.82, 2.24) is 39.2 Å². The number of rotatable bonds is 23. The summed E-state index contributed by atoms with van der Waals surface area (Å²) >= 11 is 1.81. The van der Waals surface area contributed by atoms with Crippen molar-refractivity contribution in [2.45, 2.75) is 81.4 Å². The molecule has 2 aromatic carbocycles. The molecule has 2 aliphatic heterocycles. The zero-order chi connectivity index (χ0) is 55.0. The van der Waals surface area contributed by atoms with Crippen LogP contribution in [0, 0.1) is 23.7 Å². The molecule has 1 spiro atoms. The van der Waals surface area contributed by atoms with E-state index >= 15 is 0 Å². The number of β-amino-alcohol motifs (C(OH)–C–C–N with tert-alkyl or cyclic N) is 2. The van der Waals surface area contributed by atoms with E-state index in [0.29, 0.717) is 87.9 Å². The maximum atomic E-state index is 14.0. The Hall–Kier alpha value is -5.13. The number of ether oxygens (including phenoxy) is 3. The predicted octanol–water partition coefficient (Wildman–Crippen LogP) is 4.14. The zero-order valence-corrected chi connectivity index (χ0v) is 46.7. The summed E-state index contributed by atoms with van der Waals surface area (Å²) in [5.41, 5.74) is 3.15. The second-order valence-corrected chi connectivity index (χ2v) is 23.4. The maximum absolute atomic E-state index is 14.0. The predicted molar refractivity (Wildman–Crippen MR) is 293 cm³/mol. The van der Waals surface area contributed by atoms with Crippen molar-refractivity contribution in [3.8, 4) is 28.4 Å². The van der Waals surface area contributed by atoms with Gasteiger partial charge in [-0.15, -0.1) is 11.8 Å². The Balaban J connectivity index is 0.871. The fraction of sp³-hybridized carbons (Fsp3) is 0.643. The molecule has 3 heterocycles. The van der Waals surface area contributed by atoms with Gasteiger partial charge >= 0.3 is 17.9 Å². The van der Waals surface area contributed by atoms with Crippen LogP contribution in [-0.4, -0.2) is 233 Å². The number of aromatic nitrogens is 2. The van der Waals surface area contributed by atoms with Gasteiger partial charge in [-0.2, -0.15) is 5.10 Å². The van der Waals surface area contributed by atoms with Crippen LogP contribution in [-0.2, 0) is 23.9 Å². The van der Waals surface area contributed by atoms with Gasteiger partial charge in [0, 0.05) is 77.4 Å². The molecule has 6 aliphatic rings. The van der Waals surface area contributed by atoms with Gasteiger partial charge in [-0.05, 0) is 142 Å². The smallest absolute Gasteiger partial charge is 0.341 e. The Morgan fingerprint density at radius 1 is 0.766 bits per heavy atom. The minimum absolute atomic E-state index is 0.0234. The molecule has 4 saturated carbocycles. The normalized spacial score (nSPS) is 23.6. The lowest BCUT2D eigenvalue weighted by molar-refractivity contribution is -0.153. The molecule has 0 atom stereocenters. The largest absolute Gasteiger partial charge is 0.496 e. The molecule has 1 saturated heterocycles. The van der Waals surface area contributed by atoms with E-state index < -0.39 is 23.8 Å². The highest BCUT2D eigenvalue weighted by Crippen LogP contribution is 2.61. The number of hydrogen-bond donors (Lipinski definition) is 4. The van der Waals surface area contributed by atoms with E-state index in [1.54, 1.807) is 36.0 Å². The van der Waals surface area contributed by atoms with E-state index in [9.17, 15) is 39.6 Å². The van der Waals surface area contributed by atoms with Crippen LogP contribution in [0.3, 0.4) is 0 Å². The molecular formula is C56H81N9O11S. The van der Waals surface area contributed by atoms with Gasteiger partial charge in [0.05, 0.1) is 50.8 Å². The standard InChI is InChI=1S/C56H81N9O11S/c1-37(2)43-31-42(77-25-9-15-59(3)14-8-16-60(4)49(66)33-61-17-19-62(34-50(67)68)21-23-64(36-52(71)72)24-22-63(20-18-61)35-51(69)70)12-13-45(43)65-46(53-47(74-5)10-7-11-48(53)75-6)32-44(58-65)54-57-56(55(73)76-54)40-27-38-26-39(29-40)30-41(56)28-38/h7,10-13,31-32,37-41,50,67-68H,8-9,14-30,33-36H2,1-6H3,(H,69,70)(H,71,72). The molecule has 77 heavy (non-hydrogen) atoms. The third-order valence-electron chi connectivity index (χ3n) is 16.5. The Morgan fingerprint density at radius 2 is 1.32 bits per heavy atom. The molecule has 422 valence electrons. The number of aliphatic carboxylic acids is 2. The molecule has 0 radical (unpaired) electrons. The Kier molecular flexibility index (Phi) is 19.8. The quantitative estimate of drug-likeness (QED) is 0.0453. The molecule has 4 aliphatic carbocycles. The van der Waals surface area contributed by atoms with Crippen LogP contribution in [0.15, 0.2) is 52.4 Å². The van der Waals surface area contributed by atoms with Crippen LogP contribution in [0.5, 0.6) is 11.5 Å². The fourth-order valence-corrected chi connectivity index (χ4v) is 13.5. The summed E-state index contributed by atoms with van der Waals surface area (Å²) in [6.45, 7) is 9.31. The highest BCUT2D eigenvalue weighted by molar-refractivity contribution is 7.99. The number of aliphatic imine (C=N–C) groups is 1. The number of methoxy groups -OCH3 is 2. The van der Waals surface area contributed by atoms with Gasteiger partial charge in [0.25, 0.3) is 0 Å². The van der Waals surface area contributed by atoms with Crippen LogP contribution in [0.1, 0.15) is 76.0 Å². The Labute approximate surface area is 457 Å². The first-order chi connectivity index (χ1) is 36.9. The van der Waals surface area contributed by atoms with Crippen LogP contribution in [0.2, 0.25) is 0 Å². The molecule has 1 aromatic heterocycles. The van der Waals surface area contributed by atoms with Crippen LogP contribution in [0.4, 0.5) is 0 Å².